The van der Waals surface area contributed by atoms with E-state index in [1.807, 2.05) is 0 Å². The van der Waals surface area contributed by atoms with E-state index in [2.05, 4.69) is 96.9 Å². The van der Waals surface area contributed by atoms with E-state index in [4.69, 9.17) is 4.43 Å². The molecule has 0 amide bonds. The van der Waals surface area contributed by atoms with Gasteiger partial charge in [0.2, 0.25) is 0 Å². The van der Waals surface area contributed by atoms with Gasteiger partial charge in [-0.1, -0.05) is 73.6 Å². The lowest BCUT2D eigenvalue weighted by atomic mass is 9.73. The van der Waals surface area contributed by atoms with E-state index >= 15 is 0 Å². The molecule has 1 aromatic carbocycles. The molecule has 1 heterocycles. The zero-order valence-corrected chi connectivity index (χ0v) is 20.8. The van der Waals surface area contributed by atoms with Crippen LogP contribution >= 0.6 is 0 Å². The first-order chi connectivity index (χ1) is 13.7. The van der Waals surface area contributed by atoms with Crippen molar-refractivity contribution in [1.82, 2.24) is 4.98 Å². The van der Waals surface area contributed by atoms with Gasteiger partial charge < -0.3 is 9.41 Å². The Bertz CT molecular complexity index is 823. The number of fused-ring (bicyclic) bond motifs is 1. The second-order valence-electron chi connectivity index (χ2n) is 10.3. The average molecular weight is 412 g/mol. The van der Waals surface area contributed by atoms with Gasteiger partial charge in [0.15, 0.2) is 0 Å². The maximum atomic E-state index is 7.12. The molecule has 0 fully saturated rings. The van der Waals surface area contributed by atoms with Gasteiger partial charge in [0.25, 0.3) is 8.32 Å². The first kappa shape index (κ1) is 22.2. The Morgan fingerprint density at radius 1 is 0.931 bits per heavy atom. The molecule has 1 aliphatic carbocycles. The van der Waals surface area contributed by atoms with Gasteiger partial charge in [-0.2, -0.15) is 0 Å². The minimum Gasteiger partial charge on any atom is -0.546 e. The number of rotatable bonds is 7. The quantitative estimate of drug-likeness (QED) is 0.454. The molecular formula is C26H41NOSi. The lowest BCUT2D eigenvalue weighted by molar-refractivity contribution is 0.265. The van der Waals surface area contributed by atoms with E-state index < -0.39 is 8.32 Å². The lowest BCUT2D eigenvalue weighted by Gasteiger charge is -2.44. The van der Waals surface area contributed by atoms with E-state index in [0.29, 0.717) is 34.4 Å². The van der Waals surface area contributed by atoms with Crippen LogP contribution in [0.3, 0.4) is 0 Å². The van der Waals surface area contributed by atoms with Crippen molar-refractivity contribution in [2.45, 2.75) is 90.8 Å². The summed E-state index contributed by atoms with van der Waals surface area (Å²) in [7, 11) is -1.91. The third-order valence-corrected chi connectivity index (χ3v) is 13.4. The molecule has 160 valence electrons. The summed E-state index contributed by atoms with van der Waals surface area (Å²) in [5.74, 6) is 3.01. The van der Waals surface area contributed by atoms with Crippen LogP contribution in [0.15, 0.2) is 42.3 Å². The molecule has 0 aliphatic heterocycles. The average Bonchev–Trinajstić information content (AvgIpc) is 3.09. The van der Waals surface area contributed by atoms with Gasteiger partial charge >= 0.3 is 0 Å². The summed E-state index contributed by atoms with van der Waals surface area (Å²) < 4.78 is 7.12. The van der Waals surface area contributed by atoms with Gasteiger partial charge in [0.1, 0.15) is 0 Å². The van der Waals surface area contributed by atoms with Crippen LogP contribution < -0.4 is 0 Å². The van der Waals surface area contributed by atoms with Crippen LogP contribution in [-0.2, 0) is 4.43 Å². The van der Waals surface area contributed by atoms with E-state index in [1.165, 1.54) is 28.6 Å². The van der Waals surface area contributed by atoms with Crippen LogP contribution in [0.5, 0.6) is 0 Å². The summed E-state index contributed by atoms with van der Waals surface area (Å²) in [6.07, 6.45) is 7.04. The molecule has 0 saturated carbocycles. The molecule has 3 rings (SSSR count). The molecular weight excluding hydrogens is 370 g/mol. The van der Waals surface area contributed by atoms with E-state index in [0.717, 1.165) is 6.42 Å². The summed E-state index contributed by atoms with van der Waals surface area (Å²) in [6.45, 7) is 19.0. The normalized spacial score (nSPS) is 20.9. The van der Waals surface area contributed by atoms with Gasteiger partial charge in [-0.15, -0.1) is 0 Å². The number of para-hydroxylation sites is 1. The standard InChI is InChI=1S/C26H41NOSi/c1-17(2)22-14-13-21(28-29(18(3)4,19(5)6)20(7)8)15-24(22)25-16-27-26-12-10-9-11-23(25)26/h9-12,15-20,22,24,27H,13-14H2,1-8H3/t22?,24-/m0/s1. The maximum absolute atomic E-state index is 7.12. The van der Waals surface area contributed by atoms with Crippen molar-refractivity contribution in [1.29, 1.82) is 0 Å². The highest BCUT2D eigenvalue weighted by atomic mass is 28.4. The number of aromatic amines is 1. The van der Waals surface area contributed by atoms with E-state index in [1.54, 1.807) is 0 Å². The highest BCUT2D eigenvalue weighted by Gasteiger charge is 2.47. The number of aromatic nitrogens is 1. The Hall–Kier alpha value is -1.48. The highest BCUT2D eigenvalue weighted by Crippen LogP contribution is 2.48. The highest BCUT2D eigenvalue weighted by molar-refractivity contribution is 6.77. The second kappa shape index (κ2) is 8.71. The Balaban J connectivity index is 2.03. The SMILES string of the molecule is CC(C)C1CCC(O[Si](C(C)C)(C(C)C)C(C)C)=C[C@@H]1c1c[nH]c2ccccc12. The summed E-state index contributed by atoms with van der Waals surface area (Å²) in [4.78, 5) is 3.50. The molecule has 1 unspecified atom stereocenters. The van der Waals surface area contributed by atoms with Gasteiger partial charge in [0, 0.05) is 29.4 Å². The molecule has 1 N–H and O–H groups in total. The van der Waals surface area contributed by atoms with Crippen LogP contribution in [0.4, 0.5) is 0 Å². The number of benzene rings is 1. The summed E-state index contributed by atoms with van der Waals surface area (Å²) >= 11 is 0. The second-order valence-corrected chi connectivity index (χ2v) is 15.7. The molecule has 0 radical (unpaired) electrons. The number of allylic oxidation sites excluding steroid dienone is 2. The zero-order valence-electron chi connectivity index (χ0n) is 19.8. The molecule has 2 atom stereocenters. The van der Waals surface area contributed by atoms with Crippen molar-refractivity contribution < 1.29 is 4.43 Å². The Morgan fingerprint density at radius 3 is 2.14 bits per heavy atom. The molecule has 1 aliphatic rings. The van der Waals surface area contributed by atoms with Crippen molar-refractivity contribution in [2.75, 3.05) is 0 Å². The van der Waals surface area contributed by atoms with Crippen LogP contribution in [0.2, 0.25) is 16.6 Å². The van der Waals surface area contributed by atoms with Crippen LogP contribution in [0.25, 0.3) is 10.9 Å². The zero-order chi connectivity index (χ0) is 21.3. The van der Waals surface area contributed by atoms with Crippen molar-refractivity contribution in [3.63, 3.8) is 0 Å². The summed E-state index contributed by atoms with van der Waals surface area (Å²) in [5.41, 5.74) is 4.50. The third-order valence-electron chi connectivity index (χ3n) is 7.40. The largest absolute Gasteiger partial charge is 0.546 e. The van der Waals surface area contributed by atoms with Crippen LogP contribution in [0, 0.1) is 11.8 Å². The maximum Gasteiger partial charge on any atom is 0.258 e. The lowest BCUT2D eigenvalue weighted by Crippen LogP contribution is -2.47. The molecule has 2 nitrogen and oxygen atoms in total. The topological polar surface area (TPSA) is 25.0 Å². The predicted octanol–water partition coefficient (Wildman–Crippen LogP) is 8.39. The minimum absolute atomic E-state index is 0.424. The fraction of sp³-hybridized carbons (Fsp3) is 0.615. The van der Waals surface area contributed by atoms with Crippen LogP contribution in [0.1, 0.15) is 79.7 Å². The van der Waals surface area contributed by atoms with E-state index in [-0.39, 0.29) is 0 Å². The van der Waals surface area contributed by atoms with Gasteiger partial charge in [0.05, 0.1) is 5.76 Å². The molecule has 29 heavy (non-hydrogen) atoms. The number of H-pyrrole nitrogens is 1. The monoisotopic (exact) mass is 411 g/mol. The van der Waals surface area contributed by atoms with Crippen LogP contribution in [-0.4, -0.2) is 13.3 Å². The number of hydrogen-bond donors (Lipinski definition) is 1. The Kier molecular flexibility index (Phi) is 6.67. The number of hydrogen-bond acceptors (Lipinski definition) is 1. The molecule has 3 heteroatoms. The van der Waals surface area contributed by atoms with Gasteiger partial charge in [-0.05, 0) is 52.6 Å². The fourth-order valence-corrected chi connectivity index (χ4v) is 11.3. The minimum atomic E-state index is -1.91. The third kappa shape index (κ3) is 4.08. The Morgan fingerprint density at radius 2 is 1.55 bits per heavy atom. The van der Waals surface area contributed by atoms with Crippen molar-refractivity contribution in [3.8, 4) is 0 Å². The smallest absolute Gasteiger partial charge is 0.258 e. The molecule has 0 bridgehead atoms. The van der Waals surface area contributed by atoms with Gasteiger partial charge in [-0.25, -0.2) is 0 Å². The first-order valence-corrected chi connectivity index (χ1v) is 13.8. The molecule has 0 saturated heterocycles. The molecule has 2 aromatic rings. The predicted molar refractivity (Wildman–Crippen MR) is 129 cm³/mol. The summed E-state index contributed by atoms with van der Waals surface area (Å²) in [6, 6.07) is 8.71. The Labute approximate surface area is 179 Å². The van der Waals surface area contributed by atoms with Gasteiger partial charge in [-0.3, -0.25) is 0 Å². The van der Waals surface area contributed by atoms with E-state index in [9.17, 15) is 0 Å². The fourth-order valence-electron chi connectivity index (χ4n) is 6.00. The van der Waals surface area contributed by atoms with Crippen molar-refractivity contribution in [3.05, 3.63) is 47.9 Å². The summed E-state index contributed by atoms with van der Waals surface area (Å²) in [5, 5.41) is 1.36. The van der Waals surface area contributed by atoms with Crippen molar-refractivity contribution >= 4 is 19.2 Å². The molecule has 1 aromatic heterocycles. The molecule has 0 spiro atoms. The first-order valence-electron chi connectivity index (χ1n) is 11.6. The van der Waals surface area contributed by atoms with Crippen molar-refractivity contribution in [2.24, 2.45) is 11.8 Å². The number of nitrogens with one attached hydrogen (secondary N) is 1.